The summed E-state index contributed by atoms with van der Waals surface area (Å²) in [6.07, 6.45) is 6.47. The average molecular weight is 327 g/mol. The maximum Gasteiger partial charge on any atom is 0.0529 e. The van der Waals surface area contributed by atoms with Gasteiger partial charge in [0.15, 0.2) is 0 Å². The van der Waals surface area contributed by atoms with Crippen LogP contribution in [-0.2, 0) is 19.3 Å². The molecule has 0 amide bonds. The molecule has 1 atom stereocenters. The maximum atomic E-state index is 3.85. The number of rotatable bonds is 3. The molecule has 1 aliphatic rings. The lowest BCUT2D eigenvalue weighted by Gasteiger charge is -2.08. The Morgan fingerprint density at radius 1 is 1.29 bits per heavy atom. The molecule has 0 N–H and O–H groups in total. The fourth-order valence-electron chi connectivity index (χ4n) is 2.38. The number of alkyl halides is 1. The summed E-state index contributed by atoms with van der Waals surface area (Å²) in [4.78, 5) is 3.65. The lowest BCUT2D eigenvalue weighted by Crippen LogP contribution is -1.96. The van der Waals surface area contributed by atoms with E-state index in [1.54, 1.807) is 21.8 Å². The molecule has 2 heterocycles. The van der Waals surface area contributed by atoms with Gasteiger partial charge < -0.3 is 0 Å². The van der Waals surface area contributed by atoms with Crippen LogP contribution in [-0.4, -0.2) is 0 Å². The first-order valence-electron chi connectivity index (χ1n) is 6.09. The first kappa shape index (κ1) is 11.9. The van der Waals surface area contributed by atoms with Gasteiger partial charge in [0.2, 0.25) is 0 Å². The molecule has 0 radical (unpaired) electrons. The van der Waals surface area contributed by atoms with Crippen molar-refractivity contribution < 1.29 is 0 Å². The Kier molecular flexibility index (Phi) is 3.69. The highest BCUT2D eigenvalue weighted by Crippen LogP contribution is 2.37. The molecular weight excluding hydrogens is 312 g/mol. The summed E-state index contributed by atoms with van der Waals surface area (Å²) in [5, 5.41) is 4.41. The van der Waals surface area contributed by atoms with E-state index in [1.165, 1.54) is 36.1 Å². The highest BCUT2D eigenvalue weighted by atomic mass is 79.9. The van der Waals surface area contributed by atoms with E-state index in [4.69, 9.17) is 0 Å². The summed E-state index contributed by atoms with van der Waals surface area (Å²) < 4.78 is 0. The molecule has 0 aliphatic heterocycles. The van der Waals surface area contributed by atoms with Gasteiger partial charge in [-0.2, -0.15) is 11.3 Å². The molecule has 17 heavy (non-hydrogen) atoms. The van der Waals surface area contributed by atoms with Crippen LogP contribution in [0.1, 0.15) is 38.6 Å². The first-order chi connectivity index (χ1) is 8.33. The van der Waals surface area contributed by atoms with Crippen LogP contribution in [0.4, 0.5) is 0 Å². The molecule has 0 aromatic carbocycles. The summed E-state index contributed by atoms with van der Waals surface area (Å²) in [5.41, 5.74) is 3.06. The predicted molar refractivity (Wildman–Crippen MR) is 80.7 cm³/mol. The third-order valence-electron chi connectivity index (χ3n) is 3.32. The molecular formula is C14H15BrS2. The quantitative estimate of drug-likeness (QED) is 0.665. The van der Waals surface area contributed by atoms with E-state index < -0.39 is 0 Å². The van der Waals surface area contributed by atoms with Crippen molar-refractivity contribution in [3.63, 3.8) is 0 Å². The Balaban J connectivity index is 1.77. The molecule has 2 aromatic heterocycles. The van der Waals surface area contributed by atoms with Crippen LogP contribution in [0.3, 0.4) is 0 Å². The second-order valence-corrected chi connectivity index (χ2v) is 7.66. The average Bonchev–Trinajstić information content (AvgIpc) is 2.96. The predicted octanol–water partition coefficient (Wildman–Crippen LogP) is 5.37. The molecule has 0 nitrogen and oxygen atoms in total. The van der Waals surface area contributed by atoms with E-state index in [0.29, 0.717) is 4.83 Å². The molecule has 2 aromatic rings. The van der Waals surface area contributed by atoms with Gasteiger partial charge in [-0.05, 0) is 66.1 Å². The van der Waals surface area contributed by atoms with E-state index in [-0.39, 0.29) is 0 Å². The molecule has 3 heteroatoms. The first-order valence-corrected chi connectivity index (χ1v) is 8.77. The number of hydrogen-bond acceptors (Lipinski definition) is 2. The Bertz CT molecular complexity index is 461. The fraction of sp³-hybridized carbons (Fsp3) is 0.429. The van der Waals surface area contributed by atoms with Crippen LogP contribution in [0.5, 0.6) is 0 Å². The van der Waals surface area contributed by atoms with E-state index in [0.717, 1.165) is 6.42 Å². The zero-order chi connectivity index (χ0) is 11.7. The molecule has 0 spiro atoms. The summed E-state index contributed by atoms with van der Waals surface area (Å²) in [5.74, 6) is 0. The number of thiophene rings is 2. The highest BCUT2D eigenvalue weighted by Gasteiger charge is 2.17. The van der Waals surface area contributed by atoms with Gasteiger partial charge in [-0.25, -0.2) is 0 Å². The second kappa shape index (κ2) is 5.25. The second-order valence-electron chi connectivity index (χ2n) is 4.61. The van der Waals surface area contributed by atoms with Gasteiger partial charge in [-0.3, -0.25) is 0 Å². The normalized spacial score (nSPS) is 16.8. The van der Waals surface area contributed by atoms with Gasteiger partial charge >= 0.3 is 0 Å². The van der Waals surface area contributed by atoms with Crippen LogP contribution >= 0.6 is 38.6 Å². The smallest absolute Gasteiger partial charge is 0.0529 e. The Labute approximate surface area is 119 Å². The monoisotopic (exact) mass is 326 g/mol. The SMILES string of the molecule is BrC(Cc1ccsc1)c1cc2c(s1)CCCC2. The molecule has 0 fully saturated rings. The van der Waals surface area contributed by atoms with Gasteiger partial charge in [-0.1, -0.05) is 15.9 Å². The van der Waals surface area contributed by atoms with Crippen molar-refractivity contribution in [3.05, 3.63) is 43.8 Å². The summed E-state index contributed by atoms with van der Waals surface area (Å²) in [7, 11) is 0. The van der Waals surface area contributed by atoms with Crippen molar-refractivity contribution in [2.45, 2.75) is 36.9 Å². The summed E-state index contributed by atoms with van der Waals surface area (Å²) in [6, 6.07) is 4.66. The molecule has 90 valence electrons. The van der Waals surface area contributed by atoms with Gasteiger partial charge in [0.25, 0.3) is 0 Å². The standard InChI is InChI=1S/C14H15BrS2/c15-12(7-10-5-6-16-9-10)14-8-11-3-1-2-4-13(11)17-14/h5-6,8-9,12H,1-4,7H2. The fourth-order valence-corrected chi connectivity index (χ4v) is 5.09. The van der Waals surface area contributed by atoms with E-state index in [1.807, 2.05) is 11.3 Å². The summed E-state index contributed by atoms with van der Waals surface area (Å²) >= 11 is 7.66. The zero-order valence-corrected chi connectivity index (χ0v) is 12.8. The van der Waals surface area contributed by atoms with E-state index in [2.05, 4.69) is 38.8 Å². The Morgan fingerprint density at radius 3 is 2.94 bits per heavy atom. The van der Waals surface area contributed by atoms with Crippen LogP contribution in [0.2, 0.25) is 0 Å². The Morgan fingerprint density at radius 2 is 2.18 bits per heavy atom. The lowest BCUT2D eigenvalue weighted by atomic mass is 9.99. The molecule has 0 saturated carbocycles. The topological polar surface area (TPSA) is 0 Å². The van der Waals surface area contributed by atoms with E-state index in [9.17, 15) is 0 Å². The van der Waals surface area contributed by atoms with Crippen molar-refractivity contribution in [1.82, 2.24) is 0 Å². The molecule has 3 rings (SSSR count). The van der Waals surface area contributed by atoms with Crippen LogP contribution in [0, 0.1) is 0 Å². The zero-order valence-electron chi connectivity index (χ0n) is 9.62. The van der Waals surface area contributed by atoms with Crippen LogP contribution in [0.25, 0.3) is 0 Å². The molecule has 0 bridgehead atoms. The van der Waals surface area contributed by atoms with Crippen molar-refractivity contribution in [2.24, 2.45) is 0 Å². The van der Waals surface area contributed by atoms with Crippen molar-refractivity contribution in [1.29, 1.82) is 0 Å². The van der Waals surface area contributed by atoms with Gasteiger partial charge in [0.1, 0.15) is 0 Å². The van der Waals surface area contributed by atoms with Crippen molar-refractivity contribution in [3.8, 4) is 0 Å². The maximum absolute atomic E-state index is 3.85. The third kappa shape index (κ3) is 2.67. The molecule has 1 aliphatic carbocycles. The molecule has 0 saturated heterocycles. The van der Waals surface area contributed by atoms with Crippen molar-refractivity contribution in [2.75, 3.05) is 0 Å². The van der Waals surface area contributed by atoms with E-state index >= 15 is 0 Å². The number of halogens is 1. The lowest BCUT2D eigenvalue weighted by molar-refractivity contribution is 0.697. The highest BCUT2D eigenvalue weighted by molar-refractivity contribution is 9.09. The van der Waals surface area contributed by atoms with Crippen molar-refractivity contribution >= 4 is 38.6 Å². The minimum absolute atomic E-state index is 0.493. The minimum atomic E-state index is 0.493. The number of aryl methyl sites for hydroxylation is 2. The van der Waals surface area contributed by atoms with Crippen LogP contribution < -0.4 is 0 Å². The molecule has 1 unspecified atom stereocenters. The van der Waals surface area contributed by atoms with Gasteiger partial charge in [-0.15, -0.1) is 11.3 Å². The number of hydrogen-bond donors (Lipinski definition) is 0. The third-order valence-corrected chi connectivity index (χ3v) is 6.52. The van der Waals surface area contributed by atoms with Gasteiger partial charge in [0.05, 0.1) is 4.83 Å². The van der Waals surface area contributed by atoms with Gasteiger partial charge in [0, 0.05) is 9.75 Å². The Hall–Kier alpha value is -0.120. The minimum Gasteiger partial charge on any atom is -0.152 e. The number of fused-ring (bicyclic) bond motifs is 1. The van der Waals surface area contributed by atoms with Crippen LogP contribution in [0.15, 0.2) is 22.9 Å². The largest absolute Gasteiger partial charge is 0.152 e. The summed E-state index contributed by atoms with van der Waals surface area (Å²) in [6.45, 7) is 0.